The van der Waals surface area contributed by atoms with Crippen molar-refractivity contribution in [1.82, 2.24) is 4.90 Å². The molecule has 0 radical (unpaired) electrons. The number of hydrogen-bond donors (Lipinski definition) is 0. The molecule has 2 fully saturated rings. The third-order valence-corrected chi connectivity index (χ3v) is 3.94. The second-order valence-corrected chi connectivity index (χ2v) is 4.84. The van der Waals surface area contributed by atoms with Crippen molar-refractivity contribution in [1.29, 1.82) is 0 Å². The van der Waals surface area contributed by atoms with Crippen LogP contribution in [0.3, 0.4) is 0 Å². The van der Waals surface area contributed by atoms with Crippen molar-refractivity contribution in [2.45, 2.75) is 32.1 Å². The Hall–Kier alpha value is -1.06. The van der Waals surface area contributed by atoms with E-state index in [-0.39, 0.29) is 0 Å². The lowest BCUT2D eigenvalue weighted by Crippen LogP contribution is -2.47. The fourth-order valence-electron chi connectivity index (χ4n) is 3.00. The van der Waals surface area contributed by atoms with Crippen molar-refractivity contribution in [3.63, 3.8) is 0 Å². The van der Waals surface area contributed by atoms with Crippen LogP contribution >= 0.6 is 0 Å². The van der Waals surface area contributed by atoms with Crippen LogP contribution < -0.4 is 0 Å². The maximum Gasteiger partial charge on any atom is 0.396 e. The normalized spacial score (nSPS) is 29.4. The maximum atomic E-state index is 11.7. The molecule has 2 rings (SSSR count). The molecule has 90 valence electrons. The second-order valence-electron chi connectivity index (χ2n) is 4.84. The Balaban J connectivity index is 1.94. The van der Waals surface area contributed by atoms with Crippen molar-refractivity contribution >= 4 is 11.9 Å². The van der Waals surface area contributed by atoms with Gasteiger partial charge in [-0.05, 0) is 24.7 Å². The zero-order valence-electron chi connectivity index (χ0n) is 9.78. The van der Waals surface area contributed by atoms with Crippen LogP contribution in [-0.2, 0) is 14.3 Å². The molecular formula is C12H19NO3. The van der Waals surface area contributed by atoms with E-state index in [4.69, 9.17) is 0 Å². The van der Waals surface area contributed by atoms with Crippen LogP contribution in [0.2, 0.25) is 0 Å². The molecule has 0 aromatic heterocycles. The molecule has 2 unspecified atom stereocenters. The summed E-state index contributed by atoms with van der Waals surface area (Å²) in [5.74, 6) is 0.187. The molecule has 1 saturated heterocycles. The molecule has 1 aliphatic carbocycles. The van der Waals surface area contributed by atoms with Crippen molar-refractivity contribution in [2.24, 2.45) is 11.8 Å². The van der Waals surface area contributed by atoms with Gasteiger partial charge >= 0.3 is 11.9 Å². The third-order valence-electron chi connectivity index (χ3n) is 3.94. The van der Waals surface area contributed by atoms with E-state index in [1.807, 2.05) is 0 Å². The predicted octanol–water partition coefficient (Wildman–Crippen LogP) is 1.20. The van der Waals surface area contributed by atoms with Crippen molar-refractivity contribution in [2.75, 3.05) is 20.2 Å². The largest absolute Gasteiger partial charge is 0.462 e. The Morgan fingerprint density at radius 3 is 2.50 bits per heavy atom. The van der Waals surface area contributed by atoms with Crippen LogP contribution in [0, 0.1) is 11.8 Å². The van der Waals surface area contributed by atoms with E-state index in [9.17, 15) is 9.59 Å². The lowest BCUT2D eigenvalue weighted by Gasteiger charge is -2.40. The molecule has 16 heavy (non-hydrogen) atoms. The van der Waals surface area contributed by atoms with Crippen molar-refractivity contribution < 1.29 is 14.3 Å². The number of methoxy groups -OCH3 is 1. The molecule has 0 N–H and O–H groups in total. The first-order chi connectivity index (χ1) is 7.72. The van der Waals surface area contributed by atoms with Gasteiger partial charge in [0, 0.05) is 13.1 Å². The fourth-order valence-corrected chi connectivity index (χ4v) is 3.00. The average Bonchev–Trinajstić information content (AvgIpc) is 2.36. The van der Waals surface area contributed by atoms with E-state index in [1.54, 1.807) is 4.90 Å². The summed E-state index contributed by atoms with van der Waals surface area (Å²) in [4.78, 5) is 24.5. The van der Waals surface area contributed by atoms with Gasteiger partial charge in [-0.25, -0.2) is 4.79 Å². The van der Waals surface area contributed by atoms with Gasteiger partial charge in [0.1, 0.15) is 0 Å². The van der Waals surface area contributed by atoms with Gasteiger partial charge in [-0.3, -0.25) is 4.79 Å². The maximum absolute atomic E-state index is 11.7. The van der Waals surface area contributed by atoms with Gasteiger partial charge in [-0.15, -0.1) is 0 Å². The summed E-state index contributed by atoms with van der Waals surface area (Å²) < 4.78 is 4.47. The minimum atomic E-state index is -0.728. The summed E-state index contributed by atoms with van der Waals surface area (Å²) in [7, 11) is 1.26. The first kappa shape index (κ1) is 11.4. The van der Waals surface area contributed by atoms with Gasteiger partial charge in [0.25, 0.3) is 0 Å². The average molecular weight is 225 g/mol. The summed E-state index contributed by atoms with van der Waals surface area (Å²) >= 11 is 0. The quantitative estimate of drug-likeness (QED) is 0.459. The molecule has 4 nitrogen and oxygen atoms in total. The van der Waals surface area contributed by atoms with Gasteiger partial charge in [0.15, 0.2) is 0 Å². The number of esters is 1. The van der Waals surface area contributed by atoms with E-state index in [0.29, 0.717) is 5.92 Å². The number of carbonyl (C=O) groups excluding carboxylic acids is 2. The molecule has 1 amide bonds. The van der Waals surface area contributed by atoms with Crippen LogP contribution in [0.15, 0.2) is 0 Å². The minimum absolute atomic E-state index is 0.466. The van der Waals surface area contributed by atoms with Crippen LogP contribution in [0.25, 0.3) is 0 Å². The standard InChI is InChI=1S/C12H19NO3/c1-16-12(15)11(14)13-7-6-9-4-2-3-5-10(9)8-13/h9-10H,2-8H2,1H3. The van der Waals surface area contributed by atoms with Gasteiger partial charge in [-0.1, -0.05) is 19.3 Å². The number of hydrogen-bond acceptors (Lipinski definition) is 3. The highest BCUT2D eigenvalue weighted by molar-refractivity contribution is 6.32. The van der Waals surface area contributed by atoms with E-state index in [2.05, 4.69) is 4.74 Å². The van der Waals surface area contributed by atoms with Crippen molar-refractivity contribution in [3.05, 3.63) is 0 Å². The second kappa shape index (κ2) is 4.85. The number of rotatable bonds is 0. The summed E-state index contributed by atoms with van der Waals surface area (Å²) in [6.45, 7) is 1.47. The van der Waals surface area contributed by atoms with Crippen LogP contribution in [0.4, 0.5) is 0 Å². The number of piperidine rings is 1. The third kappa shape index (κ3) is 2.20. The number of ether oxygens (including phenoxy) is 1. The number of carbonyl (C=O) groups is 2. The topological polar surface area (TPSA) is 46.6 Å². The van der Waals surface area contributed by atoms with Gasteiger partial charge < -0.3 is 9.64 Å². The first-order valence-electron chi connectivity index (χ1n) is 6.09. The molecule has 0 aromatic rings. The van der Waals surface area contributed by atoms with E-state index < -0.39 is 11.9 Å². The minimum Gasteiger partial charge on any atom is -0.462 e. The molecular weight excluding hydrogens is 206 g/mol. The first-order valence-corrected chi connectivity index (χ1v) is 6.09. The van der Waals surface area contributed by atoms with E-state index in [0.717, 1.165) is 25.4 Å². The number of likely N-dealkylation sites (tertiary alicyclic amines) is 1. The lowest BCUT2D eigenvalue weighted by atomic mass is 9.75. The zero-order chi connectivity index (χ0) is 11.5. The van der Waals surface area contributed by atoms with Gasteiger partial charge in [-0.2, -0.15) is 0 Å². The molecule has 2 aliphatic rings. The van der Waals surface area contributed by atoms with Gasteiger partial charge in [0.2, 0.25) is 0 Å². The smallest absolute Gasteiger partial charge is 0.396 e. The molecule has 1 aliphatic heterocycles. The monoisotopic (exact) mass is 225 g/mol. The number of amides is 1. The highest BCUT2D eigenvalue weighted by Crippen LogP contribution is 2.35. The molecule has 0 spiro atoms. The van der Waals surface area contributed by atoms with Crippen LogP contribution in [0.5, 0.6) is 0 Å². The Bertz CT molecular complexity index is 290. The molecule has 1 heterocycles. The molecule has 1 saturated carbocycles. The Morgan fingerprint density at radius 2 is 1.81 bits per heavy atom. The van der Waals surface area contributed by atoms with E-state index >= 15 is 0 Å². The van der Waals surface area contributed by atoms with Gasteiger partial charge in [0.05, 0.1) is 7.11 Å². The predicted molar refractivity (Wildman–Crippen MR) is 58.7 cm³/mol. The fraction of sp³-hybridized carbons (Fsp3) is 0.833. The Morgan fingerprint density at radius 1 is 1.12 bits per heavy atom. The lowest BCUT2D eigenvalue weighted by molar-refractivity contribution is -0.159. The van der Waals surface area contributed by atoms with Crippen molar-refractivity contribution in [3.8, 4) is 0 Å². The van der Waals surface area contributed by atoms with E-state index in [1.165, 1.54) is 32.8 Å². The highest BCUT2D eigenvalue weighted by Gasteiger charge is 2.34. The summed E-state index contributed by atoms with van der Waals surface area (Å²) in [6, 6.07) is 0. The highest BCUT2D eigenvalue weighted by atomic mass is 16.5. The summed E-state index contributed by atoms with van der Waals surface area (Å²) in [6.07, 6.45) is 6.14. The Labute approximate surface area is 95.9 Å². The number of fused-ring (bicyclic) bond motifs is 1. The summed E-state index contributed by atoms with van der Waals surface area (Å²) in [5, 5.41) is 0. The molecule has 4 heteroatoms. The molecule has 0 bridgehead atoms. The Kier molecular flexibility index (Phi) is 3.46. The summed E-state index contributed by atoms with van der Waals surface area (Å²) in [5.41, 5.74) is 0. The molecule has 2 atom stereocenters. The zero-order valence-corrected chi connectivity index (χ0v) is 9.78. The van der Waals surface area contributed by atoms with Crippen LogP contribution in [-0.4, -0.2) is 37.0 Å². The SMILES string of the molecule is COC(=O)C(=O)N1CCC2CCCCC2C1. The van der Waals surface area contributed by atoms with Crippen LogP contribution in [0.1, 0.15) is 32.1 Å². The number of nitrogens with zero attached hydrogens (tertiary/aromatic N) is 1. The molecule has 0 aromatic carbocycles.